The highest BCUT2D eigenvalue weighted by Gasteiger charge is 2.22. The Balaban J connectivity index is 0.000000101. The molecule has 0 fully saturated rings. The number of benzene rings is 14. The van der Waals surface area contributed by atoms with Crippen LogP contribution in [0.5, 0.6) is 0 Å². The maximum absolute atomic E-state index is 5.34. The second-order valence-corrected chi connectivity index (χ2v) is 28.8. The largest absolute Gasteiger partial charge is 0.265 e. The highest BCUT2D eigenvalue weighted by molar-refractivity contribution is 6.39. The molecule has 0 atom stereocenters. The van der Waals surface area contributed by atoms with Crippen molar-refractivity contribution in [3.63, 3.8) is 0 Å². The average Bonchev–Trinajstić information content (AvgIpc) is 0.741. The van der Waals surface area contributed by atoms with Crippen LogP contribution in [0.2, 0.25) is 0 Å². The topological polar surface area (TPSA) is 142 Å². The fourth-order valence-corrected chi connectivity index (χ4v) is 17.5. The zero-order chi connectivity index (χ0) is 73.5. The third-order valence-electron chi connectivity index (χ3n) is 22.5. The maximum Gasteiger partial charge on any atom is 0.0894 e. The Morgan fingerprint density at radius 3 is 1.14 bits per heavy atom. The molecule has 516 valence electrons. The van der Waals surface area contributed by atoms with Crippen LogP contribution in [0.25, 0.3) is 241 Å². The highest BCUT2D eigenvalue weighted by atomic mass is 14.8. The van der Waals surface area contributed by atoms with Crippen molar-refractivity contribution >= 4 is 173 Å². The molecule has 0 bridgehead atoms. The number of aromatic nitrogens is 11. The highest BCUT2D eigenvalue weighted by Crippen LogP contribution is 2.47. The standard InChI is InChI=1S/C38H22N4.C32H18N4.C31H17N3/c1-5-27(21-39-13-1)29-18-30(28-6-2-14-40-22-28)20-31(19-29)34-12-9-26-17-24-8-7-23-16-25-4-3-15-41-37(25)32-10-11-33(38(26)42-34)36(24)35(23)32;1-2-22-16-20-3-4-21-17-23-5-10-28(27-9-6-24(18-35-27)19-11-14-33-15-12-19)36-32(23)26-8-7-25(29(20)30(21)26)31(22)34-13-1;1-2-12-25-18(6-1)13-15-26(33-25)27-16-14-22-20-8-3-9-23-28(20)29-19(21-11-5-17-32-30(21)23)7-4-10-24(29)31(22)34-27/h1-22H;1-18H;1-17H. The lowest BCUT2D eigenvalue weighted by atomic mass is 9.89. The zero-order valence-corrected chi connectivity index (χ0v) is 59.8. The summed E-state index contributed by atoms with van der Waals surface area (Å²) in [6.45, 7) is 0. The first-order chi connectivity index (χ1) is 55.5. The third-order valence-corrected chi connectivity index (χ3v) is 22.5. The number of para-hydroxylation sites is 1. The summed E-state index contributed by atoms with van der Waals surface area (Å²) in [4.78, 5) is 52.4. The van der Waals surface area contributed by atoms with Crippen molar-refractivity contribution in [1.82, 2.24) is 54.8 Å². The van der Waals surface area contributed by atoms with Crippen molar-refractivity contribution in [3.8, 4) is 67.4 Å². The van der Waals surface area contributed by atoms with Gasteiger partial charge in [0.05, 0.1) is 67.1 Å². The number of pyridine rings is 11. The lowest BCUT2D eigenvalue weighted by molar-refractivity contribution is 1.27. The predicted molar refractivity (Wildman–Crippen MR) is 461 cm³/mol. The molecule has 0 saturated heterocycles. The zero-order valence-electron chi connectivity index (χ0n) is 59.8. The van der Waals surface area contributed by atoms with E-state index in [2.05, 4.69) is 233 Å². The average molecular weight is 1420 g/mol. The van der Waals surface area contributed by atoms with Crippen molar-refractivity contribution in [2.45, 2.75) is 0 Å². The molecular formula is C101H57N11. The summed E-state index contributed by atoms with van der Waals surface area (Å²) in [6.07, 6.45) is 18.5. The fraction of sp³-hybridized carbons (Fsp3) is 0. The molecule has 0 radical (unpaired) electrons. The molecule has 11 heterocycles. The molecule has 11 nitrogen and oxygen atoms in total. The Labute approximate surface area is 638 Å². The number of fused-ring (bicyclic) bond motifs is 15. The number of hydrogen-bond acceptors (Lipinski definition) is 11. The van der Waals surface area contributed by atoms with Gasteiger partial charge in [0.25, 0.3) is 0 Å². The summed E-state index contributed by atoms with van der Waals surface area (Å²) < 4.78 is 0. The van der Waals surface area contributed by atoms with Crippen molar-refractivity contribution in [1.29, 1.82) is 0 Å². The number of hydrogen-bond donors (Lipinski definition) is 0. The van der Waals surface area contributed by atoms with E-state index in [4.69, 9.17) is 39.9 Å². The fourth-order valence-electron chi connectivity index (χ4n) is 17.5. The Hall–Kier alpha value is -15.3. The SMILES string of the molecule is c1ccc2nc(-c3ccc4c5cccc6c7ncccc7c7cccc(c4n3)c7c56)ccc2c1.c1cnc2c(c1)cc1ccc3cc4ccc(-c5ccc(-c6ccncc6)cn5)nc4c4ccc2c1c34.c1cncc(-c2cc(-c3cccnc3)cc(-c3ccc4cc5ccc6cc7cccnc7c7ccc(c4n3)c5c67)c2)c1. The predicted octanol–water partition coefficient (Wildman–Crippen LogP) is 25.2. The summed E-state index contributed by atoms with van der Waals surface area (Å²) in [5.41, 5.74) is 19.1. The Morgan fingerprint density at radius 1 is 0.161 bits per heavy atom. The molecule has 0 aliphatic heterocycles. The normalized spacial score (nSPS) is 11.9. The maximum atomic E-state index is 5.34. The molecule has 25 aromatic rings. The molecule has 14 aromatic carbocycles. The number of rotatable bonds is 6. The summed E-state index contributed by atoms with van der Waals surface area (Å²) in [6, 6.07) is 100. The van der Waals surface area contributed by atoms with Gasteiger partial charge in [-0.25, -0.2) is 19.9 Å². The minimum Gasteiger partial charge on any atom is -0.265 e. The summed E-state index contributed by atoms with van der Waals surface area (Å²) in [7, 11) is 0. The first-order valence-corrected chi connectivity index (χ1v) is 37.5. The smallest absolute Gasteiger partial charge is 0.0894 e. The minimum absolute atomic E-state index is 0.857. The van der Waals surface area contributed by atoms with Gasteiger partial charge in [-0.1, -0.05) is 158 Å². The molecule has 112 heavy (non-hydrogen) atoms. The van der Waals surface area contributed by atoms with E-state index in [1.54, 1.807) is 24.8 Å². The van der Waals surface area contributed by atoms with Crippen LogP contribution >= 0.6 is 0 Å². The Morgan fingerprint density at radius 2 is 0.562 bits per heavy atom. The van der Waals surface area contributed by atoms with Gasteiger partial charge in [-0.2, -0.15) is 0 Å². The van der Waals surface area contributed by atoms with Crippen LogP contribution < -0.4 is 0 Å². The lowest BCUT2D eigenvalue weighted by Gasteiger charge is -2.16. The second kappa shape index (κ2) is 25.1. The number of nitrogens with zero attached hydrogens (tertiary/aromatic N) is 11. The molecule has 0 aliphatic rings. The Kier molecular flexibility index (Phi) is 14.1. The van der Waals surface area contributed by atoms with E-state index >= 15 is 0 Å². The van der Waals surface area contributed by atoms with Crippen LogP contribution in [0.4, 0.5) is 0 Å². The van der Waals surface area contributed by atoms with Crippen LogP contribution in [-0.2, 0) is 0 Å². The van der Waals surface area contributed by atoms with Crippen LogP contribution in [0, 0.1) is 0 Å². The van der Waals surface area contributed by atoms with Crippen LogP contribution in [0.3, 0.4) is 0 Å². The van der Waals surface area contributed by atoms with Crippen molar-refractivity contribution in [2.75, 3.05) is 0 Å². The van der Waals surface area contributed by atoms with Crippen LogP contribution in [0.15, 0.2) is 347 Å². The van der Waals surface area contributed by atoms with E-state index in [1.807, 2.05) is 104 Å². The van der Waals surface area contributed by atoms with Gasteiger partial charge in [-0.3, -0.25) is 34.9 Å². The molecule has 25 rings (SSSR count). The van der Waals surface area contributed by atoms with Crippen molar-refractivity contribution < 1.29 is 0 Å². The first-order valence-electron chi connectivity index (χ1n) is 37.5. The van der Waals surface area contributed by atoms with Gasteiger partial charge in [-0.15, -0.1) is 0 Å². The van der Waals surface area contributed by atoms with E-state index in [0.29, 0.717) is 0 Å². The molecular weight excluding hydrogens is 1370 g/mol. The van der Waals surface area contributed by atoms with E-state index in [9.17, 15) is 0 Å². The Bertz CT molecular complexity index is 8070. The molecule has 0 unspecified atom stereocenters. The summed E-state index contributed by atoms with van der Waals surface area (Å²) in [5.74, 6) is 0. The first kappa shape index (κ1) is 62.8. The van der Waals surface area contributed by atoms with Gasteiger partial charge in [0, 0.05) is 165 Å². The molecule has 0 spiro atoms. The summed E-state index contributed by atoms with van der Waals surface area (Å²) in [5, 5.41) is 30.0. The van der Waals surface area contributed by atoms with Gasteiger partial charge in [0.1, 0.15) is 0 Å². The molecule has 11 heteroatoms. The quantitative estimate of drug-likeness (QED) is 0.116. The summed E-state index contributed by atoms with van der Waals surface area (Å²) >= 11 is 0. The van der Waals surface area contributed by atoms with Crippen molar-refractivity contribution in [3.05, 3.63) is 347 Å². The monoisotopic (exact) mass is 1420 g/mol. The van der Waals surface area contributed by atoms with Gasteiger partial charge < -0.3 is 0 Å². The van der Waals surface area contributed by atoms with Gasteiger partial charge in [-0.05, 0) is 198 Å². The van der Waals surface area contributed by atoms with Crippen LogP contribution in [0.1, 0.15) is 0 Å². The van der Waals surface area contributed by atoms with Gasteiger partial charge >= 0.3 is 0 Å². The van der Waals surface area contributed by atoms with Crippen LogP contribution in [-0.4, -0.2) is 54.8 Å². The van der Waals surface area contributed by atoms with E-state index in [1.165, 1.54) is 91.6 Å². The van der Waals surface area contributed by atoms with E-state index < -0.39 is 0 Å². The van der Waals surface area contributed by atoms with E-state index in [-0.39, 0.29) is 0 Å². The minimum atomic E-state index is 0.857. The molecule has 0 aliphatic carbocycles. The molecule has 11 aromatic heterocycles. The molecule has 0 saturated carbocycles. The van der Waals surface area contributed by atoms with E-state index in [0.717, 1.165) is 149 Å². The van der Waals surface area contributed by atoms with Gasteiger partial charge in [0.2, 0.25) is 0 Å². The second-order valence-electron chi connectivity index (χ2n) is 28.8. The third kappa shape index (κ3) is 10.1. The molecule has 0 amide bonds. The molecule has 0 N–H and O–H groups in total. The lowest BCUT2D eigenvalue weighted by Crippen LogP contribution is -1.94. The van der Waals surface area contributed by atoms with Crippen molar-refractivity contribution in [2.24, 2.45) is 0 Å². The van der Waals surface area contributed by atoms with Gasteiger partial charge in [0.15, 0.2) is 0 Å².